The molecule has 26 heavy (non-hydrogen) atoms. The summed E-state index contributed by atoms with van der Waals surface area (Å²) < 4.78 is 5.30. The molecule has 2 aliphatic rings. The molecule has 1 aliphatic heterocycles. The summed E-state index contributed by atoms with van der Waals surface area (Å²) in [6, 6.07) is 13.3. The second-order valence-electron chi connectivity index (χ2n) is 7.46. The van der Waals surface area contributed by atoms with Crippen molar-refractivity contribution in [3.63, 3.8) is 0 Å². The lowest BCUT2D eigenvalue weighted by Gasteiger charge is -2.15. The van der Waals surface area contributed by atoms with Crippen molar-refractivity contribution in [3.05, 3.63) is 48.2 Å². The van der Waals surface area contributed by atoms with Crippen molar-refractivity contribution >= 4 is 0 Å². The zero-order valence-electron chi connectivity index (χ0n) is 15.4. The van der Waals surface area contributed by atoms with Gasteiger partial charge in [0.2, 0.25) is 0 Å². The first-order chi connectivity index (χ1) is 12.7. The molecule has 0 amide bonds. The van der Waals surface area contributed by atoms with E-state index in [1.165, 1.54) is 12.0 Å². The summed E-state index contributed by atoms with van der Waals surface area (Å²) in [6.45, 7) is 4.34. The fourth-order valence-corrected chi connectivity index (χ4v) is 3.84. The first-order valence-corrected chi connectivity index (χ1v) is 9.54. The number of nitrogens with one attached hydrogen (secondary N) is 1. The Kier molecular flexibility index (Phi) is 5.20. The first kappa shape index (κ1) is 17.5. The van der Waals surface area contributed by atoms with Crippen molar-refractivity contribution in [1.29, 1.82) is 0 Å². The van der Waals surface area contributed by atoms with Gasteiger partial charge in [-0.15, -0.1) is 0 Å². The Balaban J connectivity index is 1.28. The van der Waals surface area contributed by atoms with E-state index in [-0.39, 0.29) is 0 Å². The van der Waals surface area contributed by atoms with Crippen LogP contribution in [0.25, 0.3) is 11.3 Å². The topological polar surface area (TPSA) is 63.4 Å². The molecule has 0 radical (unpaired) electrons. The van der Waals surface area contributed by atoms with Crippen molar-refractivity contribution in [1.82, 2.24) is 15.2 Å². The molecular formula is C21H28N4O. The van der Waals surface area contributed by atoms with Crippen LogP contribution in [0, 0.1) is 0 Å². The van der Waals surface area contributed by atoms with Crippen LogP contribution in [0.3, 0.4) is 0 Å². The number of benzene rings is 1. The predicted octanol–water partition coefficient (Wildman–Crippen LogP) is 2.24. The van der Waals surface area contributed by atoms with Crippen molar-refractivity contribution in [2.75, 3.05) is 33.3 Å². The van der Waals surface area contributed by atoms with Gasteiger partial charge in [-0.3, -0.25) is 4.98 Å². The fourth-order valence-electron chi connectivity index (χ4n) is 3.84. The van der Waals surface area contributed by atoms with Gasteiger partial charge < -0.3 is 20.7 Å². The first-order valence-electron chi connectivity index (χ1n) is 9.54. The highest BCUT2D eigenvalue weighted by atomic mass is 16.5. The summed E-state index contributed by atoms with van der Waals surface area (Å²) in [6.07, 6.45) is 4.37. The third-order valence-electron chi connectivity index (χ3n) is 5.51. The van der Waals surface area contributed by atoms with Gasteiger partial charge in [0.1, 0.15) is 5.75 Å². The summed E-state index contributed by atoms with van der Waals surface area (Å²) in [5.74, 6) is 1.46. The molecule has 1 aliphatic carbocycles. The van der Waals surface area contributed by atoms with Crippen molar-refractivity contribution in [3.8, 4) is 17.0 Å². The monoisotopic (exact) mass is 352 g/mol. The number of methoxy groups -OCH3 is 1. The number of pyridine rings is 1. The lowest BCUT2D eigenvalue weighted by atomic mass is 10.1. The van der Waals surface area contributed by atoms with Gasteiger partial charge in [0, 0.05) is 49.4 Å². The Morgan fingerprint density at radius 3 is 2.96 bits per heavy atom. The van der Waals surface area contributed by atoms with Crippen molar-refractivity contribution in [2.45, 2.75) is 30.8 Å². The Morgan fingerprint density at radius 1 is 1.31 bits per heavy atom. The molecule has 1 aromatic carbocycles. The number of hydrogen-bond donors (Lipinski definition) is 2. The van der Waals surface area contributed by atoms with Crippen molar-refractivity contribution in [2.24, 2.45) is 5.73 Å². The van der Waals surface area contributed by atoms with Gasteiger partial charge >= 0.3 is 0 Å². The van der Waals surface area contributed by atoms with Crippen LogP contribution in [0.4, 0.5) is 0 Å². The molecular weight excluding hydrogens is 324 g/mol. The molecule has 5 nitrogen and oxygen atoms in total. The highest BCUT2D eigenvalue weighted by molar-refractivity contribution is 5.61. The van der Waals surface area contributed by atoms with Crippen LogP contribution in [0.1, 0.15) is 24.3 Å². The zero-order chi connectivity index (χ0) is 17.9. The number of hydrogen-bond acceptors (Lipinski definition) is 5. The van der Waals surface area contributed by atoms with E-state index in [1.54, 1.807) is 7.11 Å². The molecule has 5 heteroatoms. The third kappa shape index (κ3) is 4.06. The number of rotatable bonds is 7. The maximum Gasteiger partial charge on any atom is 0.119 e. The average molecular weight is 352 g/mol. The number of aromatic nitrogens is 1. The van der Waals surface area contributed by atoms with Crippen LogP contribution >= 0.6 is 0 Å². The molecule has 1 unspecified atom stereocenters. The molecule has 138 valence electrons. The lowest BCUT2D eigenvalue weighted by molar-refractivity contribution is 0.331. The van der Waals surface area contributed by atoms with Gasteiger partial charge in [0.15, 0.2) is 0 Å². The van der Waals surface area contributed by atoms with E-state index in [9.17, 15) is 0 Å². The molecule has 3 N–H and O–H groups in total. The molecule has 1 saturated heterocycles. The average Bonchev–Trinajstić information content (AvgIpc) is 3.34. The minimum atomic E-state index is 0.373. The quantitative estimate of drug-likeness (QED) is 0.800. The molecule has 0 bridgehead atoms. The van der Waals surface area contributed by atoms with Crippen LogP contribution in [0.15, 0.2) is 42.6 Å². The fraction of sp³-hybridized carbons (Fsp3) is 0.476. The highest BCUT2D eigenvalue weighted by Crippen LogP contribution is 2.40. The second kappa shape index (κ2) is 7.74. The molecule has 4 rings (SSSR count). The number of likely N-dealkylation sites (tertiary alicyclic amines) is 1. The summed E-state index contributed by atoms with van der Waals surface area (Å²) in [5, 5.41) is 3.68. The van der Waals surface area contributed by atoms with Crippen LogP contribution in [-0.2, 0) is 0 Å². The van der Waals surface area contributed by atoms with Crippen LogP contribution in [-0.4, -0.2) is 55.3 Å². The number of nitrogens with zero attached hydrogens (tertiary/aromatic N) is 2. The molecule has 1 aromatic heterocycles. The van der Waals surface area contributed by atoms with Gasteiger partial charge in [-0.2, -0.15) is 0 Å². The zero-order valence-corrected chi connectivity index (χ0v) is 15.4. The van der Waals surface area contributed by atoms with E-state index in [1.807, 2.05) is 24.4 Å². The van der Waals surface area contributed by atoms with Crippen LogP contribution in [0.5, 0.6) is 5.75 Å². The minimum Gasteiger partial charge on any atom is -0.497 e. The maximum absolute atomic E-state index is 5.96. The van der Waals surface area contributed by atoms with E-state index in [4.69, 9.17) is 10.5 Å². The van der Waals surface area contributed by atoms with Gasteiger partial charge in [0.05, 0.1) is 12.8 Å². The Bertz CT molecular complexity index is 733. The summed E-state index contributed by atoms with van der Waals surface area (Å²) in [5.41, 5.74) is 9.37. The SMILES string of the molecule is COc1cccc(-c2ccc(C3C[C@@H]3NCCN3CC[C@@H](N)C3)cn2)c1. The molecule has 2 aromatic rings. The third-order valence-corrected chi connectivity index (χ3v) is 5.51. The van der Waals surface area contributed by atoms with Gasteiger partial charge in [-0.05, 0) is 43.1 Å². The van der Waals surface area contributed by atoms with Crippen LogP contribution < -0.4 is 15.8 Å². The van der Waals surface area contributed by atoms with E-state index < -0.39 is 0 Å². The molecule has 0 spiro atoms. The largest absolute Gasteiger partial charge is 0.497 e. The molecule has 1 saturated carbocycles. The van der Waals surface area contributed by atoms with Crippen molar-refractivity contribution < 1.29 is 4.74 Å². The second-order valence-corrected chi connectivity index (χ2v) is 7.46. The van der Waals surface area contributed by atoms with Gasteiger partial charge in [-0.1, -0.05) is 18.2 Å². The Hall–Kier alpha value is -1.95. The minimum absolute atomic E-state index is 0.373. The van der Waals surface area contributed by atoms with Gasteiger partial charge in [-0.25, -0.2) is 0 Å². The van der Waals surface area contributed by atoms with E-state index in [0.29, 0.717) is 18.0 Å². The normalized spacial score (nSPS) is 25.4. The molecule has 2 fully saturated rings. The van der Waals surface area contributed by atoms with E-state index >= 15 is 0 Å². The van der Waals surface area contributed by atoms with Gasteiger partial charge in [0.25, 0.3) is 0 Å². The predicted molar refractivity (Wildman–Crippen MR) is 104 cm³/mol. The summed E-state index contributed by atoms with van der Waals surface area (Å²) in [7, 11) is 1.69. The molecule has 2 heterocycles. The highest BCUT2D eigenvalue weighted by Gasteiger charge is 2.38. The lowest BCUT2D eigenvalue weighted by Crippen LogP contribution is -2.33. The summed E-state index contributed by atoms with van der Waals surface area (Å²) >= 11 is 0. The van der Waals surface area contributed by atoms with E-state index in [2.05, 4.69) is 33.4 Å². The summed E-state index contributed by atoms with van der Waals surface area (Å²) in [4.78, 5) is 7.12. The molecule has 3 atom stereocenters. The van der Waals surface area contributed by atoms with E-state index in [0.717, 1.165) is 49.6 Å². The smallest absolute Gasteiger partial charge is 0.119 e. The standard InChI is InChI=1S/C21H28N4O/c1-26-18-4-2-3-15(11-18)20-6-5-16(13-24-20)19-12-21(19)23-8-10-25-9-7-17(22)14-25/h2-6,11,13,17,19,21,23H,7-10,12,14,22H2,1H3/t17-,19?,21+/m1/s1. The Morgan fingerprint density at radius 2 is 2.23 bits per heavy atom. The Labute approximate surface area is 155 Å². The number of nitrogens with two attached hydrogens (primary N) is 1. The van der Waals surface area contributed by atoms with Crippen LogP contribution in [0.2, 0.25) is 0 Å². The maximum atomic E-state index is 5.96. The number of ether oxygens (including phenoxy) is 1.